The summed E-state index contributed by atoms with van der Waals surface area (Å²) in [5.74, 6) is 0.908. The minimum atomic E-state index is 0.534. The lowest BCUT2D eigenvalue weighted by Gasteiger charge is -2.35. The quantitative estimate of drug-likeness (QED) is 0.846. The highest BCUT2D eigenvalue weighted by molar-refractivity contribution is 7.11. The van der Waals surface area contributed by atoms with Crippen molar-refractivity contribution in [1.29, 1.82) is 0 Å². The van der Waals surface area contributed by atoms with Crippen molar-refractivity contribution in [2.75, 3.05) is 0 Å². The average molecular weight is 285 g/mol. The van der Waals surface area contributed by atoms with E-state index in [4.69, 9.17) is 0 Å². The summed E-state index contributed by atoms with van der Waals surface area (Å²) in [4.78, 5) is 14.6. The van der Waals surface area contributed by atoms with Crippen LogP contribution in [0.3, 0.4) is 0 Å². The first-order valence-electron chi connectivity index (χ1n) is 7.34. The molecule has 3 nitrogen and oxygen atoms in total. The first-order chi connectivity index (χ1) is 9.70. The van der Waals surface area contributed by atoms with Gasteiger partial charge in [0.25, 0.3) is 0 Å². The zero-order valence-electron chi connectivity index (χ0n) is 12.0. The summed E-state index contributed by atoms with van der Waals surface area (Å²) < 4.78 is 0. The second kappa shape index (κ2) is 4.64. The lowest BCUT2D eigenvalue weighted by Crippen LogP contribution is -2.37. The molecule has 2 aromatic rings. The highest BCUT2D eigenvalue weighted by Gasteiger charge is 2.40. The maximum absolute atomic E-state index is 4.66. The van der Waals surface area contributed by atoms with Crippen LogP contribution >= 0.6 is 11.3 Å². The molecule has 4 rings (SSSR count). The van der Waals surface area contributed by atoms with Crippen LogP contribution in [0.5, 0.6) is 0 Å². The molecule has 2 atom stereocenters. The van der Waals surface area contributed by atoms with Gasteiger partial charge in [-0.1, -0.05) is 0 Å². The predicted molar refractivity (Wildman–Crippen MR) is 80.8 cm³/mol. The van der Waals surface area contributed by atoms with Crippen LogP contribution in [0.1, 0.15) is 45.7 Å². The molecule has 0 radical (unpaired) electrons. The van der Waals surface area contributed by atoms with Gasteiger partial charge in [0.2, 0.25) is 0 Å². The summed E-state index contributed by atoms with van der Waals surface area (Å²) in [6.07, 6.45) is 5.72. The van der Waals surface area contributed by atoms with Crippen molar-refractivity contribution in [3.05, 3.63) is 45.2 Å². The molecule has 0 spiro atoms. The summed E-state index contributed by atoms with van der Waals surface area (Å²) in [6, 6.07) is 5.71. The van der Waals surface area contributed by atoms with Crippen LogP contribution in [0.2, 0.25) is 0 Å². The van der Waals surface area contributed by atoms with Gasteiger partial charge in [0, 0.05) is 46.6 Å². The molecule has 0 N–H and O–H groups in total. The maximum atomic E-state index is 4.66. The standard InChI is InChI=1S/C16H19N3S/c1-10-3-5-13(20-10)9-19-12-4-6-16(19)14-8-17-11(2)18-15(14)7-12/h3,5,8,12,16H,4,6-7,9H2,1-2H3/t12-,16+/m0/s1. The van der Waals surface area contributed by atoms with E-state index in [1.165, 1.54) is 33.9 Å². The maximum Gasteiger partial charge on any atom is 0.125 e. The smallest absolute Gasteiger partial charge is 0.125 e. The molecule has 2 aromatic heterocycles. The number of aromatic nitrogens is 2. The van der Waals surface area contributed by atoms with Gasteiger partial charge in [-0.25, -0.2) is 9.97 Å². The minimum Gasteiger partial charge on any atom is -0.288 e. The number of thiophene rings is 1. The number of rotatable bonds is 2. The minimum absolute atomic E-state index is 0.534. The summed E-state index contributed by atoms with van der Waals surface area (Å²) >= 11 is 1.92. The van der Waals surface area contributed by atoms with E-state index in [0.717, 1.165) is 18.8 Å². The number of nitrogens with zero attached hydrogens (tertiary/aromatic N) is 3. The van der Waals surface area contributed by atoms with Crippen molar-refractivity contribution >= 4 is 11.3 Å². The Balaban J connectivity index is 1.65. The Morgan fingerprint density at radius 2 is 2.20 bits per heavy atom. The largest absolute Gasteiger partial charge is 0.288 e. The van der Waals surface area contributed by atoms with E-state index in [1.54, 1.807) is 0 Å². The molecule has 0 aliphatic carbocycles. The lowest BCUT2D eigenvalue weighted by atomic mass is 9.99. The van der Waals surface area contributed by atoms with Crippen molar-refractivity contribution in [2.24, 2.45) is 0 Å². The normalized spacial score (nSPS) is 24.9. The molecular formula is C16H19N3S. The molecule has 0 aromatic carbocycles. The second-order valence-corrected chi connectivity index (χ2v) is 7.33. The summed E-state index contributed by atoms with van der Waals surface area (Å²) in [7, 11) is 0. The molecular weight excluding hydrogens is 266 g/mol. The van der Waals surface area contributed by atoms with E-state index >= 15 is 0 Å². The monoisotopic (exact) mass is 285 g/mol. The van der Waals surface area contributed by atoms with Crippen LogP contribution in [-0.2, 0) is 13.0 Å². The zero-order chi connectivity index (χ0) is 13.7. The third-order valence-corrected chi connectivity index (χ3v) is 5.57. The fourth-order valence-electron chi connectivity index (χ4n) is 3.67. The molecule has 2 aliphatic rings. The Labute approximate surface area is 123 Å². The SMILES string of the molecule is Cc1ncc2c(n1)C[C@@H]1CC[C@H]2N1Cc1ccc(C)s1. The zero-order valence-corrected chi connectivity index (χ0v) is 12.8. The van der Waals surface area contributed by atoms with Crippen LogP contribution in [0, 0.1) is 13.8 Å². The topological polar surface area (TPSA) is 29.0 Å². The summed E-state index contributed by atoms with van der Waals surface area (Å²) in [5.41, 5.74) is 2.67. The molecule has 2 bridgehead atoms. The Morgan fingerprint density at radius 3 is 3.00 bits per heavy atom. The van der Waals surface area contributed by atoms with E-state index < -0.39 is 0 Å². The fourth-order valence-corrected chi connectivity index (χ4v) is 4.57. The molecule has 4 heterocycles. The average Bonchev–Trinajstić information content (AvgIpc) is 2.94. The summed E-state index contributed by atoms with van der Waals surface area (Å²) in [6.45, 7) is 5.26. The van der Waals surface area contributed by atoms with E-state index in [2.05, 4.69) is 40.1 Å². The second-order valence-electron chi connectivity index (χ2n) is 5.96. The fraction of sp³-hybridized carbons (Fsp3) is 0.500. The van der Waals surface area contributed by atoms with Gasteiger partial charge >= 0.3 is 0 Å². The van der Waals surface area contributed by atoms with E-state index in [-0.39, 0.29) is 0 Å². The molecule has 0 saturated carbocycles. The number of hydrogen-bond donors (Lipinski definition) is 0. The molecule has 104 valence electrons. The van der Waals surface area contributed by atoms with E-state index in [0.29, 0.717) is 12.1 Å². The van der Waals surface area contributed by atoms with Crippen molar-refractivity contribution in [2.45, 2.75) is 51.7 Å². The first-order valence-corrected chi connectivity index (χ1v) is 8.16. The molecule has 2 aliphatic heterocycles. The Hall–Kier alpha value is -1.26. The van der Waals surface area contributed by atoms with Gasteiger partial charge < -0.3 is 0 Å². The highest BCUT2D eigenvalue weighted by atomic mass is 32.1. The van der Waals surface area contributed by atoms with Gasteiger partial charge in [-0.15, -0.1) is 11.3 Å². The van der Waals surface area contributed by atoms with Crippen LogP contribution in [0.4, 0.5) is 0 Å². The van der Waals surface area contributed by atoms with Crippen LogP contribution in [-0.4, -0.2) is 20.9 Å². The van der Waals surface area contributed by atoms with Gasteiger partial charge in [-0.05, 0) is 38.8 Å². The van der Waals surface area contributed by atoms with Crippen molar-refractivity contribution in [3.8, 4) is 0 Å². The van der Waals surface area contributed by atoms with Crippen molar-refractivity contribution in [1.82, 2.24) is 14.9 Å². The molecule has 20 heavy (non-hydrogen) atoms. The Bertz CT molecular complexity index is 649. The van der Waals surface area contributed by atoms with Crippen molar-refractivity contribution < 1.29 is 0 Å². The van der Waals surface area contributed by atoms with Crippen LogP contribution < -0.4 is 0 Å². The number of hydrogen-bond acceptors (Lipinski definition) is 4. The Morgan fingerprint density at radius 1 is 1.30 bits per heavy atom. The molecule has 0 unspecified atom stereocenters. The third-order valence-electron chi connectivity index (χ3n) is 4.59. The van der Waals surface area contributed by atoms with Gasteiger partial charge in [0.15, 0.2) is 0 Å². The Kier molecular flexibility index (Phi) is 2.89. The van der Waals surface area contributed by atoms with E-state index in [9.17, 15) is 0 Å². The molecule has 1 fully saturated rings. The van der Waals surface area contributed by atoms with Crippen molar-refractivity contribution in [3.63, 3.8) is 0 Å². The predicted octanol–water partition coefficient (Wildman–Crippen LogP) is 3.42. The molecule has 1 saturated heterocycles. The summed E-state index contributed by atoms with van der Waals surface area (Å²) in [5, 5.41) is 0. The molecule has 4 heteroatoms. The highest BCUT2D eigenvalue weighted by Crippen LogP contribution is 2.43. The first kappa shape index (κ1) is 12.5. The van der Waals surface area contributed by atoms with Crippen LogP contribution in [0.25, 0.3) is 0 Å². The number of fused-ring (bicyclic) bond motifs is 4. The van der Waals surface area contributed by atoms with Gasteiger partial charge in [0.1, 0.15) is 5.82 Å². The molecule has 0 amide bonds. The van der Waals surface area contributed by atoms with Gasteiger partial charge in [-0.3, -0.25) is 4.90 Å². The third kappa shape index (κ3) is 1.98. The van der Waals surface area contributed by atoms with Gasteiger partial charge in [0.05, 0.1) is 5.69 Å². The van der Waals surface area contributed by atoms with Crippen LogP contribution in [0.15, 0.2) is 18.3 Å². The van der Waals surface area contributed by atoms with E-state index in [1.807, 2.05) is 18.3 Å². The van der Waals surface area contributed by atoms with Gasteiger partial charge in [-0.2, -0.15) is 0 Å². The number of aryl methyl sites for hydroxylation is 2. The lowest BCUT2D eigenvalue weighted by molar-refractivity contribution is 0.167.